The zero-order chi connectivity index (χ0) is 21.0. The van der Waals surface area contributed by atoms with Gasteiger partial charge in [0.05, 0.1) is 17.6 Å². The maximum absolute atomic E-state index is 14.9. The number of hydrogen-bond acceptors (Lipinski definition) is 4. The van der Waals surface area contributed by atoms with Gasteiger partial charge in [-0.15, -0.1) is 0 Å². The lowest BCUT2D eigenvalue weighted by Gasteiger charge is -2.38. The Kier molecular flexibility index (Phi) is 6.28. The zero-order valence-corrected chi connectivity index (χ0v) is 16.4. The molecule has 1 saturated heterocycles. The molecule has 0 bridgehead atoms. The van der Waals surface area contributed by atoms with Crippen molar-refractivity contribution >= 4 is 23.5 Å². The minimum atomic E-state index is -0.941. The van der Waals surface area contributed by atoms with E-state index in [2.05, 4.69) is 15.6 Å². The predicted octanol–water partition coefficient (Wildman–Crippen LogP) is 3.36. The Morgan fingerprint density at radius 1 is 1.24 bits per heavy atom. The zero-order valence-electron chi connectivity index (χ0n) is 16.4. The largest absolute Gasteiger partial charge is 0.465 e. The number of pyridine rings is 1. The van der Waals surface area contributed by atoms with Crippen LogP contribution in [0.2, 0.25) is 0 Å². The second-order valence-corrected chi connectivity index (χ2v) is 7.09. The Morgan fingerprint density at radius 2 is 2.03 bits per heavy atom. The molecule has 29 heavy (non-hydrogen) atoms. The van der Waals surface area contributed by atoms with Crippen molar-refractivity contribution in [2.24, 2.45) is 0 Å². The Hall–Kier alpha value is -3.20. The number of aryl methyl sites for hydroxylation is 1. The molecule has 1 atom stereocenters. The number of carbonyl (C=O) groups excluding carboxylic acids is 1. The monoisotopic (exact) mass is 401 g/mol. The Bertz CT molecular complexity index is 890. The molecule has 3 rings (SSSR count). The number of urea groups is 1. The topological polar surface area (TPSA) is 97.8 Å². The highest BCUT2D eigenvalue weighted by molar-refractivity contribution is 5.99. The van der Waals surface area contributed by atoms with Crippen LogP contribution >= 0.6 is 0 Å². The summed E-state index contributed by atoms with van der Waals surface area (Å²) in [4.78, 5) is 30.8. The fourth-order valence-corrected chi connectivity index (χ4v) is 3.25. The number of nitrogens with zero attached hydrogens (tertiary/aromatic N) is 3. The van der Waals surface area contributed by atoms with Crippen LogP contribution in [0.5, 0.6) is 0 Å². The van der Waals surface area contributed by atoms with Crippen LogP contribution in [0.4, 0.5) is 25.4 Å². The first-order chi connectivity index (χ1) is 13.8. The molecule has 1 aromatic heterocycles. The minimum Gasteiger partial charge on any atom is -0.465 e. The average molecular weight is 401 g/mol. The molecule has 1 aromatic carbocycles. The number of rotatable bonds is 4. The van der Waals surface area contributed by atoms with Gasteiger partial charge >= 0.3 is 12.1 Å². The van der Waals surface area contributed by atoms with Gasteiger partial charge in [0.15, 0.2) is 5.82 Å². The summed E-state index contributed by atoms with van der Waals surface area (Å²) < 4.78 is 14.9. The van der Waals surface area contributed by atoms with E-state index < -0.39 is 17.9 Å². The normalized spacial score (nSPS) is 17.1. The molecule has 0 radical (unpaired) electrons. The van der Waals surface area contributed by atoms with E-state index in [9.17, 15) is 14.0 Å². The van der Waals surface area contributed by atoms with Gasteiger partial charge in [-0.3, -0.25) is 9.88 Å². The second kappa shape index (κ2) is 8.87. The molecule has 0 unspecified atom stereocenters. The third-order valence-corrected chi connectivity index (χ3v) is 4.91. The van der Waals surface area contributed by atoms with Crippen LogP contribution in [0, 0.1) is 12.7 Å². The maximum atomic E-state index is 14.9. The summed E-state index contributed by atoms with van der Waals surface area (Å²) in [6.07, 6.45) is 0.587. The van der Waals surface area contributed by atoms with Crippen molar-refractivity contribution in [2.45, 2.75) is 26.4 Å². The number of amides is 3. The quantitative estimate of drug-likeness (QED) is 0.730. The summed E-state index contributed by atoms with van der Waals surface area (Å²) in [5.41, 5.74) is 1.86. The first-order valence-electron chi connectivity index (χ1n) is 9.33. The number of hydrogen-bond donors (Lipinski definition) is 3. The maximum Gasteiger partial charge on any atom is 0.407 e. The molecule has 2 heterocycles. The van der Waals surface area contributed by atoms with Crippen LogP contribution in [0.1, 0.15) is 18.2 Å². The fourth-order valence-electron chi connectivity index (χ4n) is 3.25. The van der Waals surface area contributed by atoms with Gasteiger partial charge in [-0.1, -0.05) is 12.1 Å². The van der Waals surface area contributed by atoms with E-state index in [4.69, 9.17) is 5.11 Å². The summed E-state index contributed by atoms with van der Waals surface area (Å²) in [6.45, 7) is 5.37. The first-order valence-corrected chi connectivity index (χ1v) is 9.33. The van der Waals surface area contributed by atoms with Gasteiger partial charge in [0.1, 0.15) is 0 Å². The van der Waals surface area contributed by atoms with E-state index in [0.717, 1.165) is 5.69 Å². The van der Waals surface area contributed by atoms with Gasteiger partial charge in [0.2, 0.25) is 0 Å². The van der Waals surface area contributed by atoms with Gasteiger partial charge in [0.25, 0.3) is 0 Å². The molecule has 2 aromatic rings. The van der Waals surface area contributed by atoms with Crippen LogP contribution < -0.4 is 10.6 Å². The van der Waals surface area contributed by atoms with Crippen molar-refractivity contribution in [2.75, 3.05) is 30.3 Å². The highest BCUT2D eigenvalue weighted by Crippen LogP contribution is 2.22. The molecule has 0 saturated carbocycles. The number of carbonyl (C=O) groups is 2. The summed E-state index contributed by atoms with van der Waals surface area (Å²) in [5.74, 6) is -0.502. The lowest BCUT2D eigenvalue weighted by molar-refractivity contribution is 0.0706. The Balaban J connectivity index is 1.64. The summed E-state index contributed by atoms with van der Waals surface area (Å²) in [7, 11) is 0. The standard InChI is InChI=1S/C20H24FN5O3/c1-13-6-7-16(10-22-13)23-19(27)24-17-5-3-4-15(18(17)21)12-25-8-9-26(20(28)29)11-14(25)2/h3-7,10,14H,8-9,11-12H2,1-2H3,(H,28,29)(H2,23,24,27)/t14-/m0/s1. The van der Waals surface area contributed by atoms with E-state index in [1.807, 2.05) is 18.7 Å². The molecule has 154 valence electrons. The van der Waals surface area contributed by atoms with Crippen LogP contribution in [-0.4, -0.2) is 57.7 Å². The molecule has 1 fully saturated rings. The molecule has 9 heteroatoms. The van der Waals surface area contributed by atoms with E-state index in [-0.39, 0.29) is 11.7 Å². The number of benzene rings is 1. The van der Waals surface area contributed by atoms with E-state index in [1.165, 1.54) is 17.2 Å². The summed E-state index contributed by atoms with van der Waals surface area (Å²) in [5, 5.41) is 14.3. The first kappa shape index (κ1) is 20.5. The number of nitrogens with one attached hydrogen (secondary N) is 2. The molecular weight excluding hydrogens is 377 g/mol. The molecule has 0 aliphatic carbocycles. The van der Waals surface area contributed by atoms with Gasteiger partial charge in [0, 0.05) is 43.5 Å². The number of carboxylic acid groups (broad SMARTS) is 1. The van der Waals surface area contributed by atoms with E-state index >= 15 is 0 Å². The van der Waals surface area contributed by atoms with E-state index in [0.29, 0.717) is 37.4 Å². The highest BCUT2D eigenvalue weighted by atomic mass is 19.1. The molecule has 3 N–H and O–H groups in total. The lowest BCUT2D eigenvalue weighted by Crippen LogP contribution is -2.52. The second-order valence-electron chi connectivity index (χ2n) is 7.09. The van der Waals surface area contributed by atoms with Crippen LogP contribution in [0.15, 0.2) is 36.5 Å². The molecule has 1 aliphatic rings. The lowest BCUT2D eigenvalue weighted by atomic mass is 10.1. The van der Waals surface area contributed by atoms with Crippen molar-refractivity contribution in [3.63, 3.8) is 0 Å². The van der Waals surface area contributed by atoms with Crippen molar-refractivity contribution < 1.29 is 19.1 Å². The van der Waals surface area contributed by atoms with Gasteiger partial charge in [-0.25, -0.2) is 14.0 Å². The average Bonchev–Trinajstić information content (AvgIpc) is 2.68. The SMILES string of the molecule is Cc1ccc(NC(=O)Nc2cccc(CN3CCN(C(=O)O)C[C@@H]3C)c2F)cn1. The minimum absolute atomic E-state index is 0.0341. The number of anilines is 2. The van der Waals surface area contributed by atoms with Gasteiger partial charge in [-0.05, 0) is 32.0 Å². The van der Waals surface area contributed by atoms with Crippen LogP contribution in [0.25, 0.3) is 0 Å². The van der Waals surface area contributed by atoms with Gasteiger partial charge in [-0.2, -0.15) is 0 Å². The number of halogens is 1. The van der Waals surface area contributed by atoms with Crippen LogP contribution in [-0.2, 0) is 6.54 Å². The molecular formula is C20H24FN5O3. The smallest absolute Gasteiger partial charge is 0.407 e. The van der Waals surface area contributed by atoms with Crippen molar-refractivity contribution in [3.8, 4) is 0 Å². The molecule has 8 nitrogen and oxygen atoms in total. The molecule has 3 amide bonds. The van der Waals surface area contributed by atoms with Crippen molar-refractivity contribution in [1.29, 1.82) is 0 Å². The number of aromatic nitrogens is 1. The number of piperazine rings is 1. The van der Waals surface area contributed by atoms with Crippen molar-refractivity contribution in [1.82, 2.24) is 14.8 Å². The van der Waals surface area contributed by atoms with E-state index in [1.54, 1.807) is 24.3 Å². The predicted molar refractivity (Wildman–Crippen MR) is 107 cm³/mol. The third kappa shape index (κ3) is 5.20. The van der Waals surface area contributed by atoms with Crippen LogP contribution in [0.3, 0.4) is 0 Å². The summed E-state index contributed by atoms with van der Waals surface area (Å²) in [6, 6.07) is 7.73. The van der Waals surface area contributed by atoms with Crippen molar-refractivity contribution in [3.05, 3.63) is 53.6 Å². The Morgan fingerprint density at radius 3 is 2.69 bits per heavy atom. The molecule has 1 aliphatic heterocycles. The fraction of sp³-hybridized carbons (Fsp3) is 0.350. The van der Waals surface area contributed by atoms with Gasteiger partial charge < -0.3 is 20.6 Å². The highest BCUT2D eigenvalue weighted by Gasteiger charge is 2.27. The Labute approximate surface area is 168 Å². The summed E-state index contributed by atoms with van der Waals surface area (Å²) >= 11 is 0. The molecule has 0 spiro atoms. The third-order valence-electron chi connectivity index (χ3n) is 4.91.